The van der Waals surface area contributed by atoms with Crippen LogP contribution in [0, 0.1) is 0 Å². The van der Waals surface area contributed by atoms with Crippen molar-refractivity contribution in [3.8, 4) is 11.5 Å². The second-order valence-electron chi connectivity index (χ2n) is 17.5. The number of para-hydroxylation sites is 2. The molecule has 6 rings (SSSR count). The molecule has 4 aromatic carbocycles. The number of anilines is 4. The summed E-state index contributed by atoms with van der Waals surface area (Å²) in [7, 11) is -1.83. The second-order valence-corrected chi connectivity index (χ2v) is 23.2. The molecule has 0 fully saturated rings. The first-order valence-corrected chi connectivity index (χ1v) is 28.4. The van der Waals surface area contributed by atoms with E-state index >= 15 is 0 Å². The van der Waals surface area contributed by atoms with Gasteiger partial charge in [-0.25, -0.2) is 26.4 Å². The molecule has 0 aromatic heterocycles. The van der Waals surface area contributed by atoms with Gasteiger partial charge in [-0.1, -0.05) is 75.9 Å². The minimum absolute atomic E-state index is 0.130. The minimum atomic E-state index is -3.85. The van der Waals surface area contributed by atoms with Gasteiger partial charge in [0.25, 0.3) is 0 Å². The molecule has 70 heavy (non-hydrogen) atoms. The number of hydrogen-bond acceptors (Lipinski definition) is 14. The van der Waals surface area contributed by atoms with Gasteiger partial charge in [-0.05, 0) is 75.6 Å². The van der Waals surface area contributed by atoms with Crippen LogP contribution in [-0.4, -0.2) is 138 Å². The van der Waals surface area contributed by atoms with E-state index in [9.17, 15) is 36.6 Å². The summed E-state index contributed by atoms with van der Waals surface area (Å²) in [5, 5.41) is 19.1. The standard InChI is InChI=1S/2C25H34N2O6S2/c2*1-6-7-11-19-16-27(18-12-9-8-10-13-18)20-14-22(34-5)21(15-23(20)35(30,31)26(19)3)33-17-25(2,32-4)24(28)29/h2*8-10,12-15,19H,6-7,11,16-17H2,1-5H3,(H,28,29)/t2*19?,25-/m10/s1. The minimum Gasteiger partial charge on any atom is -0.489 e. The summed E-state index contributed by atoms with van der Waals surface area (Å²) in [4.78, 5) is 29.1. The molecule has 0 aliphatic carbocycles. The van der Waals surface area contributed by atoms with Gasteiger partial charge in [0.15, 0.2) is 11.2 Å². The molecule has 384 valence electrons. The van der Waals surface area contributed by atoms with Crippen LogP contribution in [0.1, 0.15) is 66.2 Å². The van der Waals surface area contributed by atoms with Crippen molar-refractivity contribution in [2.75, 3.05) is 76.9 Å². The van der Waals surface area contributed by atoms with Crippen molar-refractivity contribution in [3.05, 3.63) is 84.9 Å². The number of carbonyl (C=O) groups is 2. The third-order valence-electron chi connectivity index (χ3n) is 12.9. The predicted molar refractivity (Wildman–Crippen MR) is 277 cm³/mol. The Morgan fingerprint density at radius 2 is 0.971 bits per heavy atom. The summed E-state index contributed by atoms with van der Waals surface area (Å²) >= 11 is 2.81. The van der Waals surface area contributed by atoms with Crippen LogP contribution in [0.25, 0.3) is 0 Å². The van der Waals surface area contributed by atoms with Crippen LogP contribution in [0.2, 0.25) is 0 Å². The van der Waals surface area contributed by atoms with Crippen molar-refractivity contribution in [1.29, 1.82) is 0 Å². The SMILES string of the molecule is CCCCC1CN(c2ccccc2)c2cc(SC)c(OC[C@@](C)(OC)C(=O)O)cc2S(=O)(=O)N1C.CCCCC1CN(c2ccccc2)c2cc(SC)c(OC[C@](C)(OC)C(=O)O)cc2S(=O)(=O)N1C. The van der Waals surface area contributed by atoms with E-state index in [4.69, 9.17) is 18.9 Å². The molecule has 2 aliphatic rings. The van der Waals surface area contributed by atoms with E-state index in [0.717, 1.165) is 49.9 Å². The largest absolute Gasteiger partial charge is 0.489 e. The number of aliphatic carboxylic acids is 2. The first kappa shape index (κ1) is 56.4. The van der Waals surface area contributed by atoms with Crippen LogP contribution in [0.3, 0.4) is 0 Å². The molecule has 0 amide bonds. The van der Waals surface area contributed by atoms with Crippen molar-refractivity contribution < 1.29 is 55.6 Å². The predicted octanol–water partition coefficient (Wildman–Crippen LogP) is 9.22. The third kappa shape index (κ3) is 12.4. The lowest BCUT2D eigenvalue weighted by Gasteiger charge is -2.29. The van der Waals surface area contributed by atoms with Gasteiger partial charge in [-0.3, -0.25) is 0 Å². The maximum absolute atomic E-state index is 13.8. The Morgan fingerprint density at radius 3 is 1.26 bits per heavy atom. The molecule has 20 heteroatoms. The smallest absolute Gasteiger partial charge is 0.339 e. The van der Waals surface area contributed by atoms with Crippen molar-refractivity contribution in [1.82, 2.24) is 8.61 Å². The molecule has 0 bridgehead atoms. The monoisotopic (exact) mass is 1040 g/mol. The number of unbranched alkanes of at least 4 members (excludes halogenated alkanes) is 2. The van der Waals surface area contributed by atoms with Crippen molar-refractivity contribution in [2.24, 2.45) is 0 Å². The zero-order valence-corrected chi connectivity index (χ0v) is 45.0. The van der Waals surface area contributed by atoms with Gasteiger partial charge in [0, 0.05) is 77.0 Å². The van der Waals surface area contributed by atoms with Gasteiger partial charge < -0.3 is 39.0 Å². The molecule has 16 nitrogen and oxygen atoms in total. The molecular formula is C50H68N4O12S4. The fourth-order valence-electron chi connectivity index (χ4n) is 7.97. The molecule has 0 saturated heterocycles. The number of thioether (sulfide) groups is 2. The van der Waals surface area contributed by atoms with Gasteiger partial charge >= 0.3 is 11.9 Å². The summed E-state index contributed by atoms with van der Waals surface area (Å²) < 4.78 is 80.2. The highest BCUT2D eigenvalue weighted by molar-refractivity contribution is 7.99. The Morgan fingerprint density at radius 1 is 0.629 bits per heavy atom. The van der Waals surface area contributed by atoms with Crippen molar-refractivity contribution in [2.45, 2.75) is 109 Å². The van der Waals surface area contributed by atoms with Crippen molar-refractivity contribution >= 4 is 78.3 Å². The first-order chi connectivity index (χ1) is 33.2. The first-order valence-electron chi connectivity index (χ1n) is 23.1. The van der Waals surface area contributed by atoms with E-state index in [0.29, 0.717) is 45.8 Å². The Hall–Kier alpha value is -4.54. The van der Waals surface area contributed by atoms with Crippen LogP contribution < -0.4 is 19.3 Å². The zero-order valence-electron chi connectivity index (χ0n) is 41.7. The Kier molecular flexibility index (Phi) is 19.5. The summed E-state index contributed by atoms with van der Waals surface area (Å²) in [5.74, 6) is -1.72. The molecule has 4 atom stereocenters. The summed E-state index contributed by atoms with van der Waals surface area (Å²) in [5.41, 5.74) is -0.185. The lowest BCUT2D eigenvalue weighted by molar-refractivity contribution is -0.164. The number of benzene rings is 4. The number of ether oxygens (including phenoxy) is 4. The summed E-state index contributed by atoms with van der Waals surface area (Å²) in [6.45, 7) is 7.49. The van der Waals surface area contributed by atoms with Crippen LogP contribution in [-0.2, 0) is 39.1 Å². The molecule has 2 N–H and O–H groups in total. The lowest BCUT2D eigenvalue weighted by atomic mass is 10.1. The lowest BCUT2D eigenvalue weighted by Crippen LogP contribution is -2.43. The molecule has 2 aliphatic heterocycles. The van der Waals surface area contributed by atoms with E-state index in [2.05, 4.69) is 23.6 Å². The van der Waals surface area contributed by atoms with E-state index in [1.807, 2.05) is 85.3 Å². The van der Waals surface area contributed by atoms with Gasteiger partial charge in [0.1, 0.15) is 34.5 Å². The number of sulfonamides is 2. The van der Waals surface area contributed by atoms with Crippen LogP contribution >= 0.6 is 23.5 Å². The Bertz CT molecular complexity index is 2470. The topological polar surface area (TPSA) is 193 Å². The number of rotatable bonds is 20. The van der Waals surface area contributed by atoms with Gasteiger partial charge in [0.2, 0.25) is 20.0 Å². The zero-order chi connectivity index (χ0) is 51.6. The molecule has 4 aromatic rings. The van der Waals surface area contributed by atoms with E-state index in [1.54, 1.807) is 14.1 Å². The van der Waals surface area contributed by atoms with Gasteiger partial charge in [-0.2, -0.15) is 8.61 Å². The van der Waals surface area contributed by atoms with E-state index < -0.39 is 43.2 Å². The molecule has 2 heterocycles. The fraction of sp³-hybridized carbons (Fsp3) is 0.480. The highest BCUT2D eigenvalue weighted by Crippen LogP contribution is 2.45. The molecule has 0 saturated carbocycles. The highest BCUT2D eigenvalue weighted by atomic mass is 32.2. The number of carboxylic acids is 2. The maximum Gasteiger partial charge on any atom is 0.339 e. The molecular weight excluding hydrogens is 977 g/mol. The van der Waals surface area contributed by atoms with E-state index in [1.165, 1.54) is 72.3 Å². The molecule has 0 spiro atoms. The average molecular weight is 1050 g/mol. The second kappa shape index (κ2) is 24.3. The van der Waals surface area contributed by atoms with Gasteiger partial charge in [-0.15, -0.1) is 23.5 Å². The number of carboxylic acid groups (broad SMARTS) is 2. The highest BCUT2D eigenvalue weighted by Gasteiger charge is 2.41. The number of hydrogen-bond donors (Lipinski definition) is 2. The Balaban J connectivity index is 0.000000261. The quantitative estimate of drug-likeness (QED) is 0.0795. The van der Waals surface area contributed by atoms with Crippen LogP contribution in [0.15, 0.2) is 105 Å². The van der Waals surface area contributed by atoms with Crippen molar-refractivity contribution in [3.63, 3.8) is 0 Å². The third-order valence-corrected chi connectivity index (χ3v) is 18.3. The van der Waals surface area contributed by atoms with Crippen LogP contribution in [0.5, 0.6) is 11.5 Å². The molecule has 0 radical (unpaired) electrons. The fourth-order valence-corrected chi connectivity index (χ4v) is 12.2. The number of nitrogens with zero attached hydrogens (tertiary/aromatic N) is 4. The van der Waals surface area contributed by atoms with Crippen LogP contribution in [0.4, 0.5) is 22.7 Å². The summed E-state index contributed by atoms with van der Waals surface area (Å²) in [6.07, 6.45) is 9.00. The number of fused-ring (bicyclic) bond motifs is 2. The number of likely N-dealkylation sites (N-methyl/N-ethyl adjacent to an activating group) is 2. The Labute approximate surface area is 422 Å². The van der Waals surface area contributed by atoms with E-state index in [-0.39, 0.29) is 35.1 Å². The maximum atomic E-state index is 13.8. The molecule has 2 unspecified atom stereocenters. The summed E-state index contributed by atoms with van der Waals surface area (Å²) in [6, 6.07) is 25.7. The average Bonchev–Trinajstić information content (AvgIpc) is 3.49. The normalized spacial score (nSPS) is 19.5. The number of methoxy groups -OCH3 is 2. The van der Waals surface area contributed by atoms with Gasteiger partial charge in [0.05, 0.1) is 21.2 Å².